The van der Waals surface area contributed by atoms with Crippen LogP contribution in [0.25, 0.3) is 0 Å². The van der Waals surface area contributed by atoms with Gasteiger partial charge in [0.15, 0.2) is 0 Å². The van der Waals surface area contributed by atoms with E-state index in [1.807, 2.05) is 6.92 Å². The molecule has 1 rings (SSSR count). The summed E-state index contributed by atoms with van der Waals surface area (Å²) in [5, 5.41) is 0. The van der Waals surface area contributed by atoms with Crippen LogP contribution in [-0.4, -0.2) is 18.1 Å². The summed E-state index contributed by atoms with van der Waals surface area (Å²) in [6.07, 6.45) is 2.45. The highest BCUT2D eigenvalue weighted by Gasteiger charge is 2.12. The first-order valence-corrected chi connectivity index (χ1v) is 7.07. The Balaban J connectivity index is 2.90. The van der Waals surface area contributed by atoms with E-state index in [9.17, 15) is 0 Å². The highest BCUT2D eigenvalue weighted by Crippen LogP contribution is 2.18. The van der Waals surface area contributed by atoms with Crippen LogP contribution >= 0.6 is 0 Å². The summed E-state index contributed by atoms with van der Waals surface area (Å²) in [5.74, 6) is 1.82. The Hall–Kier alpha value is -1.09. The fourth-order valence-electron chi connectivity index (χ4n) is 2.24. The van der Waals surface area contributed by atoms with Gasteiger partial charge in [-0.1, -0.05) is 26.7 Å². The quantitative estimate of drug-likeness (QED) is 0.807. The van der Waals surface area contributed by atoms with Crippen molar-refractivity contribution in [3.63, 3.8) is 0 Å². The van der Waals surface area contributed by atoms with Gasteiger partial charge in [-0.2, -0.15) is 0 Å². The van der Waals surface area contributed by atoms with E-state index >= 15 is 0 Å². The van der Waals surface area contributed by atoms with E-state index in [1.54, 1.807) is 0 Å². The van der Waals surface area contributed by atoms with E-state index in [0.29, 0.717) is 6.54 Å². The van der Waals surface area contributed by atoms with Gasteiger partial charge in [-0.15, -0.1) is 0 Å². The third kappa shape index (κ3) is 3.98. The van der Waals surface area contributed by atoms with E-state index in [4.69, 9.17) is 5.73 Å². The molecule has 102 valence electrons. The van der Waals surface area contributed by atoms with Gasteiger partial charge in [-0.05, 0) is 37.5 Å². The van der Waals surface area contributed by atoms with Gasteiger partial charge in [0.25, 0.3) is 0 Å². The van der Waals surface area contributed by atoms with Gasteiger partial charge in [0, 0.05) is 25.3 Å². The Morgan fingerprint density at radius 1 is 1.22 bits per heavy atom. The maximum atomic E-state index is 5.74. The normalized spacial score (nSPS) is 11.0. The van der Waals surface area contributed by atoms with Gasteiger partial charge >= 0.3 is 0 Å². The Kier molecular flexibility index (Phi) is 6.13. The summed E-state index contributed by atoms with van der Waals surface area (Å²) >= 11 is 0. The maximum Gasteiger partial charge on any atom is 0.129 e. The molecule has 0 bridgehead atoms. The zero-order chi connectivity index (χ0) is 13.5. The fraction of sp³-hybridized carbons (Fsp3) is 0.667. The van der Waals surface area contributed by atoms with E-state index < -0.39 is 0 Å². The van der Waals surface area contributed by atoms with E-state index in [1.165, 1.54) is 18.4 Å². The van der Waals surface area contributed by atoms with Crippen molar-refractivity contribution in [1.82, 2.24) is 4.98 Å². The second-order valence-electron chi connectivity index (χ2n) is 4.90. The molecular formula is C15H27N3. The summed E-state index contributed by atoms with van der Waals surface area (Å²) in [5.41, 5.74) is 7.96. The van der Waals surface area contributed by atoms with Gasteiger partial charge in [-0.3, -0.25) is 0 Å². The molecule has 0 amide bonds. The third-order valence-corrected chi connectivity index (χ3v) is 3.57. The van der Waals surface area contributed by atoms with E-state index in [0.717, 1.165) is 30.5 Å². The van der Waals surface area contributed by atoms with Gasteiger partial charge in [0.05, 0.1) is 0 Å². The number of aromatic nitrogens is 1. The van der Waals surface area contributed by atoms with Crippen molar-refractivity contribution < 1.29 is 0 Å². The molecule has 0 saturated carbocycles. The highest BCUT2D eigenvalue weighted by atomic mass is 15.2. The predicted octanol–water partition coefficient (Wildman–Crippen LogP) is 3.11. The molecule has 1 heterocycles. The SMILES string of the molecule is CCC(CC)CN(CC)c1cc(CN)cc(C)n1. The Morgan fingerprint density at radius 3 is 2.39 bits per heavy atom. The number of aryl methyl sites for hydroxylation is 1. The lowest BCUT2D eigenvalue weighted by Gasteiger charge is -2.27. The molecule has 18 heavy (non-hydrogen) atoms. The molecule has 2 N–H and O–H groups in total. The number of pyridine rings is 1. The van der Waals surface area contributed by atoms with E-state index in [-0.39, 0.29) is 0 Å². The molecule has 0 atom stereocenters. The van der Waals surface area contributed by atoms with Crippen LogP contribution in [0.5, 0.6) is 0 Å². The van der Waals surface area contributed by atoms with E-state index in [2.05, 4.69) is 42.8 Å². The van der Waals surface area contributed by atoms with Crippen LogP contribution in [-0.2, 0) is 6.54 Å². The van der Waals surface area contributed by atoms with Crippen LogP contribution in [0.2, 0.25) is 0 Å². The lowest BCUT2D eigenvalue weighted by molar-refractivity contribution is 0.484. The smallest absolute Gasteiger partial charge is 0.129 e. The summed E-state index contributed by atoms with van der Waals surface area (Å²) < 4.78 is 0. The van der Waals surface area contributed by atoms with Crippen molar-refractivity contribution in [2.45, 2.75) is 47.1 Å². The van der Waals surface area contributed by atoms with Crippen LogP contribution < -0.4 is 10.6 Å². The average molecular weight is 249 g/mol. The summed E-state index contributed by atoms with van der Waals surface area (Å²) in [4.78, 5) is 7.01. The van der Waals surface area contributed by atoms with Crippen molar-refractivity contribution in [3.8, 4) is 0 Å². The van der Waals surface area contributed by atoms with Crippen LogP contribution in [0.1, 0.15) is 44.9 Å². The molecule has 0 radical (unpaired) electrons. The minimum Gasteiger partial charge on any atom is -0.357 e. The molecule has 1 aromatic rings. The number of rotatable bonds is 7. The monoisotopic (exact) mass is 249 g/mol. The standard InChI is InChI=1S/C15H27N3/c1-5-13(6-2)11-18(7-3)15-9-14(10-16)8-12(4)17-15/h8-9,13H,5-7,10-11,16H2,1-4H3. The van der Waals surface area contributed by atoms with Crippen LogP contribution in [0.15, 0.2) is 12.1 Å². The minimum atomic E-state index is 0.582. The molecule has 0 fully saturated rings. The molecule has 0 aliphatic carbocycles. The topological polar surface area (TPSA) is 42.1 Å². The summed E-state index contributed by atoms with van der Waals surface area (Å²) in [6.45, 7) is 11.4. The minimum absolute atomic E-state index is 0.582. The van der Waals surface area contributed by atoms with Gasteiger partial charge in [-0.25, -0.2) is 4.98 Å². The molecule has 0 aromatic carbocycles. The molecule has 0 aliphatic heterocycles. The summed E-state index contributed by atoms with van der Waals surface area (Å²) in [7, 11) is 0. The lowest BCUT2D eigenvalue weighted by Crippen LogP contribution is -2.30. The van der Waals surface area contributed by atoms with Crippen molar-refractivity contribution in [2.24, 2.45) is 11.7 Å². The van der Waals surface area contributed by atoms with Gasteiger partial charge in [0.2, 0.25) is 0 Å². The largest absolute Gasteiger partial charge is 0.357 e. The van der Waals surface area contributed by atoms with Gasteiger partial charge < -0.3 is 10.6 Å². The number of nitrogens with zero attached hydrogens (tertiary/aromatic N) is 2. The first-order valence-electron chi connectivity index (χ1n) is 7.07. The Labute approximate surface area is 111 Å². The molecule has 0 aliphatic rings. The second kappa shape index (κ2) is 7.37. The average Bonchev–Trinajstić information content (AvgIpc) is 2.39. The molecule has 0 saturated heterocycles. The first-order chi connectivity index (χ1) is 8.64. The lowest BCUT2D eigenvalue weighted by atomic mass is 10.0. The van der Waals surface area contributed by atoms with Crippen molar-refractivity contribution in [2.75, 3.05) is 18.0 Å². The summed E-state index contributed by atoms with van der Waals surface area (Å²) in [6, 6.07) is 4.19. The van der Waals surface area contributed by atoms with Crippen LogP contribution in [0.3, 0.4) is 0 Å². The highest BCUT2D eigenvalue weighted by molar-refractivity contribution is 5.42. The fourth-order valence-corrected chi connectivity index (χ4v) is 2.24. The maximum absolute atomic E-state index is 5.74. The number of hydrogen-bond donors (Lipinski definition) is 1. The molecule has 0 spiro atoms. The zero-order valence-electron chi connectivity index (χ0n) is 12.2. The number of anilines is 1. The Bertz CT molecular complexity index is 359. The van der Waals surface area contributed by atoms with Crippen molar-refractivity contribution in [3.05, 3.63) is 23.4 Å². The van der Waals surface area contributed by atoms with Crippen molar-refractivity contribution in [1.29, 1.82) is 0 Å². The molecule has 3 nitrogen and oxygen atoms in total. The third-order valence-electron chi connectivity index (χ3n) is 3.57. The Morgan fingerprint density at radius 2 is 1.89 bits per heavy atom. The molecule has 3 heteroatoms. The van der Waals surface area contributed by atoms with Crippen molar-refractivity contribution >= 4 is 5.82 Å². The zero-order valence-corrected chi connectivity index (χ0v) is 12.2. The van der Waals surface area contributed by atoms with Gasteiger partial charge in [0.1, 0.15) is 5.82 Å². The van der Waals surface area contributed by atoms with Crippen LogP contribution in [0.4, 0.5) is 5.82 Å². The molecule has 1 aromatic heterocycles. The molecular weight excluding hydrogens is 222 g/mol. The number of nitrogens with two attached hydrogens (primary N) is 1. The first kappa shape index (κ1) is 15.0. The van der Waals surface area contributed by atoms with Crippen LogP contribution in [0, 0.1) is 12.8 Å². The molecule has 0 unspecified atom stereocenters. The number of hydrogen-bond acceptors (Lipinski definition) is 3. The second-order valence-corrected chi connectivity index (χ2v) is 4.90. The predicted molar refractivity (Wildman–Crippen MR) is 78.8 cm³/mol.